The van der Waals surface area contributed by atoms with Gasteiger partial charge in [0.25, 0.3) is 5.56 Å². The van der Waals surface area contributed by atoms with Crippen molar-refractivity contribution in [2.75, 3.05) is 30.0 Å². The molecule has 3 aromatic heterocycles. The second-order valence-electron chi connectivity index (χ2n) is 8.36. The van der Waals surface area contributed by atoms with Gasteiger partial charge in [0.2, 0.25) is 5.95 Å². The Morgan fingerprint density at radius 2 is 1.78 bits per heavy atom. The van der Waals surface area contributed by atoms with E-state index in [2.05, 4.69) is 25.4 Å². The van der Waals surface area contributed by atoms with Gasteiger partial charge in [0, 0.05) is 37.9 Å². The maximum Gasteiger partial charge on any atom is 0.423 e. The van der Waals surface area contributed by atoms with Crippen molar-refractivity contribution in [2.24, 2.45) is 0 Å². The summed E-state index contributed by atoms with van der Waals surface area (Å²) in [4.78, 5) is 25.4. The lowest BCUT2D eigenvalue weighted by molar-refractivity contribution is -0.139. The maximum absolute atomic E-state index is 13.2. The molecular formula is C21H22F6N8O2. The lowest BCUT2D eigenvalue weighted by Gasteiger charge is -2.29. The number of aromatic amines is 1. The number of rotatable bonds is 8. The van der Waals surface area contributed by atoms with Gasteiger partial charge in [-0.2, -0.15) is 31.4 Å². The minimum Gasteiger partial charge on any atom is -0.379 e. The van der Waals surface area contributed by atoms with Crippen molar-refractivity contribution in [1.29, 1.82) is 0 Å². The standard InChI is InChI=1S/C21H22F6N8O2/c1-12(32-15-9-31-33-18(36)17(15)21(25,26)27)11-37-5-2-16-28-8-14-10-34(3-4-35(14)16)19-29-6-13(7-30-19)20(22,23)24/h6-9,12H,2-5,10-11H2,1H3,(H2,32,33,36). The highest BCUT2D eigenvalue weighted by atomic mass is 19.4. The molecule has 4 rings (SSSR count). The number of aromatic nitrogens is 6. The summed E-state index contributed by atoms with van der Waals surface area (Å²) in [5, 5.41) is 7.79. The molecule has 10 nitrogen and oxygen atoms in total. The Kier molecular flexibility index (Phi) is 7.38. The quantitative estimate of drug-likeness (QED) is 0.337. The van der Waals surface area contributed by atoms with Gasteiger partial charge in [-0.15, -0.1) is 0 Å². The molecule has 0 aliphatic carbocycles. The molecule has 4 heterocycles. The first kappa shape index (κ1) is 26.4. The first-order chi connectivity index (χ1) is 17.4. The highest BCUT2D eigenvalue weighted by Crippen LogP contribution is 2.32. The molecule has 0 saturated carbocycles. The topological polar surface area (TPSA) is 114 Å². The van der Waals surface area contributed by atoms with Crippen LogP contribution < -0.4 is 15.8 Å². The van der Waals surface area contributed by atoms with Crippen LogP contribution in [0.15, 0.2) is 29.6 Å². The van der Waals surface area contributed by atoms with E-state index < -0.39 is 40.8 Å². The maximum atomic E-state index is 13.2. The van der Waals surface area contributed by atoms with Crippen molar-refractivity contribution in [2.45, 2.75) is 44.8 Å². The zero-order chi connectivity index (χ0) is 26.8. The highest BCUT2D eigenvalue weighted by Gasteiger charge is 2.37. The molecule has 1 aliphatic rings. The Bertz CT molecular complexity index is 1270. The SMILES string of the molecule is CC(COCCc1ncc2n1CCN(c1ncc(C(F)(F)F)cn1)C2)Nc1cn[nH]c(=O)c1C(F)(F)F. The summed E-state index contributed by atoms with van der Waals surface area (Å²) >= 11 is 0. The third-order valence-corrected chi connectivity index (χ3v) is 5.60. The molecule has 0 radical (unpaired) electrons. The monoisotopic (exact) mass is 532 g/mol. The van der Waals surface area contributed by atoms with E-state index in [-0.39, 0.29) is 19.2 Å². The fourth-order valence-electron chi connectivity index (χ4n) is 3.87. The van der Waals surface area contributed by atoms with Crippen LogP contribution in [-0.4, -0.2) is 55.5 Å². The van der Waals surface area contributed by atoms with E-state index in [1.54, 1.807) is 23.1 Å². The smallest absolute Gasteiger partial charge is 0.379 e. The molecule has 3 aromatic rings. The molecule has 1 unspecified atom stereocenters. The molecule has 2 N–H and O–H groups in total. The van der Waals surface area contributed by atoms with Gasteiger partial charge in [-0.3, -0.25) is 4.79 Å². The number of H-pyrrole nitrogens is 1. The van der Waals surface area contributed by atoms with E-state index in [1.807, 2.05) is 4.57 Å². The van der Waals surface area contributed by atoms with E-state index in [0.717, 1.165) is 30.1 Å². The number of nitrogens with one attached hydrogen (secondary N) is 2. The molecule has 1 aliphatic heterocycles. The van der Waals surface area contributed by atoms with Crippen molar-refractivity contribution < 1.29 is 31.1 Å². The third kappa shape index (κ3) is 6.18. The first-order valence-corrected chi connectivity index (χ1v) is 11.1. The number of nitrogens with zero attached hydrogens (tertiary/aromatic N) is 6. The lowest BCUT2D eigenvalue weighted by atomic mass is 10.2. The van der Waals surface area contributed by atoms with Crippen LogP contribution >= 0.6 is 0 Å². The van der Waals surface area contributed by atoms with Gasteiger partial charge in [0.05, 0.1) is 49.1 Å². The summed E-state index contributed by atoms with van der Waals surface area (Å²) in [6.45, 7) is 3.27. The second-order valence-corrected chi connectivity index (χ2v) is 8.36. The summed E-state index contributed by atoms with van der Waals surface area (Å²) < 4.78 is 85.2. The third-order valence-electron chi connectivity index (χ3n) is 5.60. The summed E-state index contributed by atoms with van der Waals surface area (Å²) in [6, 6.07) is -0.545. The molecule has 0 spiro atoms. The molecule has 0 amide bonds. The molecule has 0 aromatic carbocycles. The second kappa shape index (κ2) is 10.4. The zero-order valence-electron chi connectivity index (χ0n) is 19.4. The fraction of sp³-hybridized carbons (Fsp3) is 0.476. The van der Waals surface area contributed by atoms with Crippen molar-refractivity contribution in [3.05, 3.63) is 57.8 Å². The predicted octanol–water partition coefficient (Wildman–Crippen LogP) is 2.87. The van der Waals surface area contributed by atoms with Gasteiger partial charge in [-0.1, -0.05) is 0 Å². The highest BCUT2D eigenvalue weighted by molar-refractivity contribution is 5.50. The van der Waals surface area contributed by atoms with Crippen molar-refractivity contribution in [3.63, 3.8) is 0 Å². The number of alkyl halides is 6. The summed E-state index contributed by atoms with van der Waals surface area (Å²) in [5.41, 5.74) is -3.20. The molecule has 37 heavy (non-hydrogen) atoms. The minimum absolute atomic E-state index is 0.0662. The normalized spacial score (nSPS) is 14.9. The largest absolute Gasteiger partial charge is 0.423 e. The van der Waals surface area contributed by atoms with E-state index >= 15 is 0 Å². The van der Waals surface area contributed by atoms with Crippen LogP contribution in [0.2, 0.25) is 0 Å². The van der Waals surface area contributed by atoms with Crippen LogP contribution in [0.4, 0.5) is 38.0 Å². The Balaban J connectivity index is 1.28. The average Bonchev–Trinajstić information content (AvgIpc) is 3.23. The van der Waals surface area contributed by atoms with Crippen LogP contribution in [0.3, 0.4) is 0 Å². The first-order valence-electron chi connectivity index (χ1n) is 11.1. The Hall–Kier alpha value is -3.69. The van der Waals surface area contributed by atoms with Gasteiger partial charge in [-0.05, 0) is 6.92 Å². The number of anilines is 2. The van der Waals surface area contributed by atoms with Crippen molar-refractivity contribution >= 4 is 11.6 Å². The zero-order valence-corrected chi connectivity index (χ0v) is 19.4. The molecule has 0 fully saturated rings. The van der Waals surface area contributed by atoms with Crippen LogP contribution in [0.1, 0.15) is 29.6 Å². The van der Waals surface area contributed by atoms with Crippen molar-refractivity contribution in [1.82, 2.24) is 29.7 Å². The molecule has 0 saturated heterocycles. The number of ether oxygens (including phenoxy) is 1. The molecule has 1 atom stereocenters. The van der Waals surface area contributed by atoms with Crippen LogP contribution in [0.25, 0.3) is 0 Å². The lowest BCUT2D eigenvalue weighted by Crippen LogP contribution is -2.35. The van der Waals surface area contributed by atoms with Crippen LogP contribution in [-0.2, 0) is 36.6 Å². The van der Waals surface area contributed by atoms with E-state index in [4.69, 9.17) is 4.74 Å². The number of hydrogen-bond donors (Lipinski definition) is 2. The fourth-order valence-corrected chi connectivity index (χ4v) is 3.87. The van der Waals surface area contributed by atoms with Gasteiger partial charge < -0.3 is 19.5 Å². The summed E-state index contributed by atoms with van der Waals surface area (Å²) in [6.07, 6.45) is -4.84. The Labute approximate surface area is 205 Å². The minimum atomic E-state index is -4.84. The van der Waals surface area contributed by atoms with E-state index in [9.17, 15) is 31.1 Å². The van der Waals surface area contributed by atoms with Crippen molar-refractivity contribution in [3.8, 4) is 0 Å². The molecule has 16 heteroatoms. The molecule has 0 bridgehead atoms. The number of hydrogen-bond acceptors (Lipinski definition) is 8. The van der Waals surface area contributed by atoms with E-state index in [0.29, 0.717) is 26.1 Å². The average molecular weight is 532 g/mol. The molecular weight excluding hydrogens is 510 g/mol. The summed E-state index contributed by atoms with van der Waals surface area (Å²) in [5.74, 6) is 0.929. The van der Waals surface area contributed by atoms with E-state index in [1.165, 1.54) is 0 Å². The number of imidazole rings is 1. The van der Waals surface area contributed by atoms with Gasteiger partial charge in [0.1, 0.15) is 11.4 Å². The Morgan fingerprint density at radius 3 is 2.46 bits per heavy atom. The summed E-state index contributed by atoms with van der Waals surface area (Å²) in [7, 11) is 0. The van der Waals surface area contributed by atoms with Crippen LogP contribution in [0.5, 0.6) is 0 Å². The predicted molar refractivity (Wildman–Crippen MR) is 118 cm³/mol. The number of fused-ring (bicyclic) bond motifs is 1. The Morgan fingerprint density at radius 1 is 1.05 bits per heavy atom. The van der Waals surface area contributed by atoms with Crippen LogP contribution in [0, 0.1) is 0 Å². The van der Waals surface area contributed by atoms with Gasteiger partial charge in [0.15, 0.2) is 0 Å². The van der Waals surface area contributed by atoms with Gasteiger partial charge in [-0.25, -0.2) is 20.1 Å². The number of halogens is 6. The molecule has 200 valence electrons. The van der Waals surface area contributed by atoms with Gasteiger partial charge >= 0.3 is 12.4 Å².